The third-order valence-electron chi connectivity index (χ3n) is 4.25. The maximum atomic E-state index is 12.3. The van der Waals surface area contributed by atoms with Crippen LogP contribution in [0, 0.1) is 0 Å². The van der Waals surface area contributed by atoms with Gasteiger partial charge in [0, 0.05) is 5.56 Å². The lowest BCUT2D eigenvalue weighted by atomic mass is 9.94. The first-order valence-corrected chi connectivity index (χ1v) is 10.7. The van der Waals surface area contributed by atoms with Crippen LogP contribution in [0.2, 0.25) is 0 Å². The van der Waals surface area contributed by atoms with Crippen LogP contribution in [0.3, 0.4) is 0 Å². The average Bonchev–Trinajstić information content (AvgIpc) is 2.69. The Labute approximate surface area is 166 Å². The molecule has 0 aromatic heterocycles. The van der Waals surface area contributed by atoms with Gasteiger partial charge in [0.2, 0.25) is 0 Å². The molecule has 1 atom stereocenters. The first kappa shape index (κ1) is 21.6. The summed E-state index contributed by atoms with van der Waals surface area (Å²) in [7, 11) is -3.41. The van der Waals surface area contributed by atoms with E-state index in [0.29, 0.717) is 12.0 Å². The molecule has 2 aromatic rings. The highest BCUT2D eigenvalue weighted by Crippen LogP contribution is 2.23. The lowest BCUT2D eigenvalue weighted by Crippen LogP contribution is -2.16. The van der Waals surface area contributed by atoms with E-state index in [1.165, 1.54) is 6.92 Å². The van der Waals surface area contributed by atoms with Crippen molar-refractivity contribution in [3.05, 3.63) is 77.9 Å². The van der Waals surface area contributed by atoms with Crippen molar-refractivity contribution in [3.63, 3.8) is 0 Å². The minimum absolute atomic E-state index is 0.0507. The molecule has 1 unspecified atom stereocenters. The molecule has 0 amide bonds. The summed E-state index contributed by atoms with van der Waals surface area (Å²) < 4.78 is 29.8. The van der Waals surface area contributed by atoms with Crippen molar-refractivity contribution in [2.75, 3.05) is 12.4 Å². The maximum Gasteiger partial charge on any atom is 0.313 e. The standard InChI is InChI=1S/C22H24O5S/c1-3-27-22(24)21(19-14-12-18(13-15-19)17(2)23)11-7-8-16-28(25,26)20-9-5-4-6-10-20/h4-10,12-15,21H,3,11,16H2,1-2H3/b8-7+. The third kappa shape index (κ3) is 5.89. The van der Waals surface area contributed by atoms with Crippen molar-refractivity contribution in [2.45, 2.75) is 31.1 Å². The Morgan fingerprint density at radius 3 is 2.21 bits per heavy atom. The molecular weight excluding hydrogens is 376 g/mol. The van der Waals surface area contributed by atoms with Gasteiger partial charge in [-0.05, 0) is 38.0 Å². The number of allylic oxidation sites excluding steroid dienone is 1. The van der Waals surface area contributed by atoms with E-state index in [1.807, 2.05) is 0 Å². The van der Waals surface area contributed by atoms with Gasteiger partial charge in [-0.25, -0.2) is 8.42 Å². The van der Waals surface area contributed by atoms with Crippen molar-refractivity contribution in [1.29, 1.82) is 0 Å². The molecule has 0 aliphatic heterocycles. The summed E-state index contributed by atoms with van der Waals surface area (Å²) in [6.45, 7) is 3.47. The zero-order valence-corrected chi connectivity index (χ0v) is 16.8. The van der Waals surface area contributed by atoms with Gasteiger partial charge in [0.1, 0.15) is 0 Å². The van der Waals surface area contributed by atoms with E-state index in [2.05, 4.69) is 0 Å². The number of ketones is 1. The molecule has 0 aliphatic carbocycles. The van der Waals surface area contributed by atoms with Crippen molar-refractivity contribution < 1.29 is 22.7 Å². The summed E-state index contributed by atoms with van der Waals surface area (Å²) in [5, 5.41) is 0. The SMILES string of the molecule is CCOC(=O)C(C/C=C/CS(=O)(=O)c1ccccc1)c1ccc(C(C)=O)cc1. The minimum Gasteiger partial charge on any atom is -0.466 e. The van der Waals surface area contributed by atoms with Gasteiger partial charge >= 0.3 is 5.97 Å². The fourth-order valence-corrected chi connectivity index (χ4v) is 3.87. The summed E-state index contributed by atoms with van der Waals surface area (Å²) >= 11 is 0. The van der Waals surface area contributed by atoms with Crippen molar-refractivity contribution in [3.8, 4) is 0 Å². The van der Waals surface area contributed by atoms with Crippen molar-refractivity contribution in [2.24, 2.45) is 0 Å². The predicted molar refractivity (Wildman–Crippen MR) is 108 cm³/mol. The van der Waals surface area contributed by atoms with E-state index in [-0.39, 0.29) is 29.0 Å². The molecule has 0 heterocycles. The van der Waals surface area contributed by atoms with Gasteiger partial charge in [0.15, 0.2) is 15.6 Å². The molecule has 0 bridgehead atoms. The van der Waals surface area contributed by atoms with Gasteiger partial charge in [-0.3, -0.25) is 9.59 Å². The number of ether oxygens (including phenoxy) is 1. The highest BCUT2D eigenvalue weighted by Gasteiger charge is 2.21. The quantitative estimate of drug-likeness (QED) is 0.362. The third-order valence-corrected chi connectivity index (χ3v) is 5.87. The van der Waals surface area contributed by atoms with Gasteiger partial charge in [0.25, 0.3) is 0 Å². The number of hydrogen-bond donors (Lipinski definition) is 0. The van der Waals surface area contributed by atoms with Crippen LogP contribution in [0.4, 0.5) is 0 Å². The maximum absolute atomic E-state index is 12.3. The van der Waals surface area contributed by atoms with E-state index in [1.54, 1.807) is 73.7 Å². The number of hydrogen-bond acceptors (Lipinski definition) is 5. The van der Waals surface area contributed by atoms with Gasteiger partial charge in [-0.15, -0.1) is 0 Å². The van der Waals surface area contributed by atoms with E-state index >= 15 is 0 Å². The number of Topliss-reactive ketones (excluding diaryl/α,β-unsaturated/α-hetero) is 1. The average molecular weight is 400 g/mol. The van der Waals surface area contributed by atoms with Crippen LogP contribution < -0.4 is 0 Å². The van der Waals surface area contributed by atoms with Gasteiger partial charge in [0.05, 0.1) is 23.2 Å². The lowest BCUT2D eigenvalue weighted by molar-refractivity contribution is -0.144. The largest absolute Gasteiger partial charge is 0.466 e. The molecular formula is C22H24O5S. The fourth-order valence-electron chi connectivity index (χ4n) is 2.71. The van der Waals surface area contributed by atoms with Crippen LogP contribution in [-0.2, 0) is 19.4 Å². The van der Waals surface area contributed by atoms with Crippen LogP contribution in [0.25, 0.3) is 0 Å². The molecule has 148 valence electrons. The van der Waals surface area contributed by atoms with Gasteiger partial charge < -0.3 is 4.74 Å². The number of benzene rings is 2. The summed E-state index contributed by atoms with van der Waals surface area (Å²) in [6, 6.07) is 15.0. The zero-order chi connectivity index (χ0) is 20.6. The van der Waals surface area contributed by atoms with Gasteiger partial charge in [-0.2, -0.15) is 0 Å². The molecule has 0 saturated heterocycles. The summed E-state index contributed by atoms with van der Waals surface area (Å²) in [5.74, 6) is -1.13. The molecule has 0 radical (unpaired) electrons. The number of esters is 1. The Bertz CT molecular complexity index is 929. The molecule has 2 aromatic carbocycles. The minimum atomic E-state index is -3.41. The Morgan fingerprint density at radius 1 is 1.00 bits per heavy atom. The van der Waals surface area contributed by atoms with Crippen LogP contribution in [0.1, 0.15) is 42.1 Å². The first-order valence-electron chi connectivity index (χ1n) is 9.05. The molecule has 0 spiro atoms. The normalized spacial score (nSPS) is 12.6. The smallest absolute Gasteiger partial charge is 0.313 e. The fraction of sp³-hybridized carbons (Fsp3) is 0.273. The summed E-state index contributed by atoms with van der Waals surface area (Å²) in [5.41, 5.74) is 1.29. The molecule has 6 heteroatoms. The van der Waals surface area contributed by atoms with E-state index in [9.17, 15) is 18.0 Å². The predicted octanol–water partition coefficient (Wildman–Crippen LogP) is 3.96. The number of sulfone groups is 1. The second-order valence-electron chi connectivity index (χ2n) is 6.28. The highest BCUT2D eigenvalue weighted by atomic mass is 32.2. The van der Waals surface area contributed by atoms with Crippen molar-refractivity contribution >= 4 is 21.6 Å². The second kappa shape index (κ2) is 9.99. The molecule has 28 heavy (non-hydrogen) atoms. The molecule has 0 fully saturated rings. The Morgan fingerprint density at radius 2 is 1.64 bits per heavy atom. The highest BCUT2D eigenvalue weighted by molar-refractivity contribution is 7.91. The summed E-state index contributed by atoms with van der Waals surface area (Å²) in [6.07, 6.45) is 3.54. The molecule has 0 N–H and O–H groups in total. The van der Waals surface area contributed by atoms with E-state index in [4.69, 9.17) is 4.74 Å². The molecule has 5 nitrogen and oxygen atoms in total. The van der Waals surface area contributed by atoms with Crippen LogP contribution >= 0.6 is 0 Å². The van der Waals surface area contributed by atoms with Gasteiger partial charge in [-0.1, -0.05) is 54.6 Å². The first-order chi connectivity index (χ1) is 13.3. The monoisotopic (exact) mass is 400 g/mol. The lowest BCUT2D eigenvalue weighted by Gasteiger charge is -2.14. The number of carbonyl (C=O) groups is 2. The van der Waals surface area contributed by atoms with Crippen LogP contribution in [0.15, 0.2) is 71.6 Å². The van der Waals surface area contributed by atoms with E-state index in [0.717, 1.165) is 5.56 Å². The van der Waals surface area contributed by atoms with Crippen LogP contribution in [0.5, 0.6) is 0 Å². The number of rotatable bonds is 9. The Balaban J connectivity index is 2.11. The Kier molecular flexibility index (Phi) is 7.70. The molecule has 0 aliphatic rings. The van der Waals surface area contributed by atoms with E-state index < -0.39 is 15.8 Å². The summed E-state index contributed by atoms with van der Waals surface area (Å²) in [4.78, 5) is 24.0. The zero-order valence-electron chi connectivity index (χ0n) is 16.0. The van der Waals surface area contributed by atoms with Crippen molar-refractivity contribution in [1.82, 2.24) is 0 Å². The van der Waals surface area contributed by atoms with Crippen LogP contribution in [-0.4, -0.2) is 32.5 Å². The second-order valence-corrected chi connectivity index (χ2v) is 8.32. The topological polar surface area (TPSA) is 77.5 Å². The Hall–Kier alpha value is -2.73. The number of carbonyl (C=O) groups excluding carboxylic acids is 2. The molecule has 2 rings (SSSR count). The molecule has 0 saturated carbocycles.